The first-order valence-electron chi connectivity index (χ1n) is 5.67. The standard InChI is InChI=1S/C12H10Cl2F2N2O2/c13-7-2-1-6(3-8(7)14)4-10-17-11(20-18-10)5-9(19)12(15)16/h1-3,9,12,19H,4-5H2. The van der Waals surface area contributed by atoms with Crippen molar-refractivity contribution in [3.05, 3.63) is 45.5 Å². The minimum Gasteiger partial charge on any atom is -0.387 e. The maximum atomic E-state index is 12.2. The third-order valence-corrected chi connectivity index (χ3v) is 3.27. The average molecular weight is 323 g/mol. The Morgan fingerprint density at radius 3 is 2.65 bits per heavy atom. The van der Waals surface area contributed by atoms with Crippen LogP contribution in [0, 0.1) is 0 Å². The van der Waals surface area contributed by atoms with Crippen LogP contribution in [0.1, 0.15) is 17.3 Å². The molecule has 1 aromatic carbocycles. The molecule has 0 fully saturated rings. The van der Waals surface area contributed by atoms with E-state index in [0.29, 0.717) is 22.3 Å². The first-order chi connectivity index (χ1) is 9.45. The molecule has 1 aromatic heterocycles. The first-order valence-corrected chi connectivity index (χ1v) is 6.43. The summed E-state index contributed by atoms with van der Waals surface area (Å²) in [4.78, 5) is 3.93. The molecule has 108 valence electrons. The lowest BCUT2D eigenvalue weighted by molar-refractivity contribution is -0.00754. The Morgan fingerprint density at radius 2 is 2.00 bits per heavy atom. The van der Waals surface area contributed by atoms with E-state index in [4.69, 9.17) is 32.8 Å². The van der Waals surface area contributed by atoms with Crippen LogP contribution in [0.5, 0.6) is 0 Å². The van der Waals surface area contributed by atoms with Crippen LogP contribution in [0.25, 0.3) is 0 Å². The second kappa shape index (κ2) is 6.47. The number of alkyl halides is 2. The van der Waals surface area contributed by atoms with Crippen molar-refractivity contribution in [2.45, 2.75) is 25.4 Å². The van der Waals surface area contributed by atoms with Crippen LogP contribution in [0.15, 0.2) is 22.7 Å². The van der Waals surface area contributed by atoms with Crippen molar-refractivity contribution >= 4 is 23.2 Å². The third-order valence-electron chi connectivity index (χ3n) is 2.53. The summed E-state index contributed by atoms with van der Waals surface area (Å²) in [5, 5.41) is 13.5. The average Bonchev–Trinajstić information content (AvgIpc) is 2.81. The van der Waals surface area contributed by atoms with E-state index in [1.807, 2.05) is 0 Å². The normalized spacial score (nSPS) is 12.9. The number of aromatic nitrogens is 2. The van der Waals surface area contributed by atoms with Gasteiger partial charge in [0.05, 0.1) is 16.5 Å². The molecule has 4 nitrogen and oxygen atoms in total. The molecule has 0 aliphatic heterocycles. The highest BCUT2D eigenvalue weighted by molar-refractivity contribution is 6.42. The fourth-order valence-corrected chi connectivity index (χ4v) is 1.87. The Hall–Kier alpha value is -1.24. The monoisotopic (exact) mass is 322 g/mol. The van der Waals surface area contributed by atoms with Crippen molar-refractivity contribution in [2.75, 3.05) is 0 Å². The lowest BCUT2D eigenvalue weighted by atomic mass is 10.1. The van der Waals surface area contributed by atoms with Gasteiger partial charge in [-0.2, -0.15) is 4.98 Å². The van der Waals surface area contributed by atoms with Crippen molar-refractivity contribution in [1.82, 2.24) is 10.1 Å². The van der Waals surface area contributed by atoms with E-state index >= 15 is 0 Å². The van der Waals surface area contributed by atoms with E-state index in [0.717, 1.165) is 5.56 Å². The molecular weight excluding hydrogens is 313 g/mol. The minimum atomic E-state index is -2.85. The van der Waals surface area contributed by atoms with Gasteiger partial charge < -0.3 is 9.63 Å². The Bertz CT molecular complexity index is 593. The molecule has 1 heterocycles. The molecule has 0 spiro atoms. The number of aliphatic hydroxyl groups is 1. The third kappa shape index (κ3) is 3.88. The number of halogens is 4. The zero-order valence-corrected chi connectivity index (χ0v) is 11.6. The smallest absolute Gasteiger partial charge is 0.264 e. The number of nitrogens with zero attached hydrogens (tertiary/aromatic N) is 2. The molecule has 0 aliphatic rings. The zero-order chi connectivity index (χ0) is 14.7. The maximum Gasteiger partial charge on any atom is 0.264 e. The molecule has 0 amide bonds. The van der Waals surface area contributed by atoms with E-state index in [1.54, 1.807) is 18.2 Å². The first kappa shape index (κ1) is 15.2. The van der Waals surface area contributed by atoms with Crippen molar-refractivity contribution < 1.29 is 18.4 Å². The molecule has 2 aromatic rings. The van der Waals surface area contributed by atoms with Gasteiger partial charge in [0.2, 0.25) is 5.89 Å². The van der Waals surface area contributed by atoms with Gasteiger partial charge in [-0.3, -0.25) is 0 Å². The largest absolute Gasteiger partial charge is 0.387 e. The van der Waals surface area contributed by atoms with E-state index in [9.17, 15) is 8.78 Å². The van der Waals surface area contributed by atoms with Gasteiger partial charge >= 0.3 is 0 Å². The number of hydrogen-bond acceptors (Lipinski definition) is 4. The summed E-state index contributed by atoms with van der Waals surface area (Å²) in [6.07, 6.45) is -4.72. The summed E-state index contributed by atoms with van der Waals surface area (Å²) in [5.74, 6) is 0.285. The second-order valence-electron chi connectivity index (χ2n) is 4.14. The Balaban J connectivity index is 2.03. The highest BCUT2D eigenvalue weighted by Gasteiger charge is 2.20. The van der Waals surface area contributed by atoms with Gasteiger partial charge in [-0.25, -0.2) is 8.78 Å². The fraction of sp³-hybridized carbons (Fsp3) is 0.333. The molecule has 8 heteroatoms. The molecule has 1 unspecified atom stereocenters. The van der Waals surface area contributed by atoms with Gasteiger partial charge in [-0.15, -0.1) is 0 Å². The fourth-order valence-electron chi connectivity index (χ4n) is 1.55. The van der Waals surface area contributed by atoms with Gasteiger partial charge in [0.1, 0.15) is 6.10 Å². The Kier molecular flexibility index (Phi) is 4.91. The predicted octanol–water partition coefficient (Wildman–Crippen LogP) is 3.14. The van der Waals surface area contributed by atoms with Gasteiger partial charge in [0.15, 0.2) is 5.82 Å². The highest BCUT2D eigenvalue weighted by Crippen LogP contribution is 2.23. The van der Waals surface area contributed by atoms with Crippen LogP contribution in [-0.4, -0.2) is 27.8 Å². The second-order valence-corrected chi connectivity index (χ2v) is 4.95. The molecule has 0 radical (unpaired) electrons. The molecule has 0 saturated carbocycles. The number of benzene rings is 1. The molecule has 20 heavy (non-hydrogen) atoms. The van der Waals surface area contributed by atoms with Gasteiger partial charge in [0.25, 0.3) is 6.43 Å². The summed E-state index contributed by atoms with van der Waals surface area (Å²) >= 11 is 11.7. The number of hydrogen-bond donors (Lipinski definition) is 1. The summed E-state index contributed by atoms with van der Waals surface area (Å²) < 4.78 is 29.2. The van der Waals surface area contributed by atoms with Crippen LogP contribution in [0.4, 0.5) is 8.78 Å². The zero-order valence-electron chi connectivity index (χ0n) is 10.1. The lowest BCUT2D eigenvalue weighted by Crippen LogP contribution is -2.20. The van der Waals surface area contributed by atoms with Crippen molar-refractivity contribution in [2.24, 2.45) is 0 Å². The van der Waals surface area contributed by atoms with Crippen molar-refractivity contribution in [1.29, 1.82) is 0 Å². The Labute approximate surface area is 123 Å². The molecule has 0 aliphatic carbocycles. The summed E-state index contributed by atoms with van der Waals surface area (Å²) in [6, 6.07) is 5.05. The summed E-state index contributed by atoms with van der Waals surface area (Å²) in [7, 11) is 0. The van der Waals surface area contributed by atoms with E-state index in [1.165, 1.54) is 0 Å². The van der Waals surface area contributed by atoms with Crippen LogP contribution >= 0.6 is 23.2 Å². The Morgan fingerprint density at radius 1 is 1.25 bits per heavy atom. The van der Waals surface area contributed by atoms with Crippen LogP contribution < -0.4 is 0 Å². The molecule has 1 N–H and O–H groups in total. The van der Waals surface area contributed by atoms with E-state index in [-0.39, 0.29) is 12.3 Å². The molecule has 2 rings (SSSR count). The number of aliphatic hydroxyl groups excluding tert-OH is 1. The van der Waals surface area contributed by atoms with Crippen LogP contribution in [-0.2, 0) is 12.8 Å². The van der Waals surface area contributed by atoms with Gasteiger partial charge in [-0.05, 0) is 17.7 Å². The van der Waals surface area contributed by atoms with E-state index < -0.39 is 12.5 Å². The molecule has 0 saturated heterocycles. The lowest BCUT2D eigenvalue weighted by Gasteiger charge is -2.04. The maximum absolute atomic E-state index is 12.2. The van der Waals surface area contributed by atoms with Crippen LogP contribution in [0.3, 0.4) is 0 Å². The van der Waals surface area contributed by atoms with Gasteiger partial charge in [0, 0.05) is 6.42 Å². The number of rotatable bonds is 5. The minimum absolute atomic E-state index is 0.0344. The van der Waals surface area contributed by atoms with E-state index in [2.05, 4.69) is 10.1 Å². The summed E-state index contributed by atoms with van der Waals surface area (Å²) in [6.45, 7) is 0. The van der Waals surface area contributed by atoms with Crippen molar-refractivity contribution in [3.8, 4) is 0 Å². The van der Waals surface area contributed by atoms with Crippen LogP contribution in [0.2, 0.25) is 10.0 Å². The van der Waals surface area contributed by atoms with Gasteiger partial charge in [-0.1, -0.05) is 34.4 Å². The summed E-state index contributed by atoms with van der Waals surface area (Å²) in [5.41, 5.74) is 0.807. The van der Waals surface area contributed by atoms with Crippen molar-refractivity contribution in [3.63, 3.8) is 0 Å². The SMILES string of the molecule is OC(Cc1nc(Cc2ccc(Cl)c(Cl)c2)no1)C(F)F. The molecular formula is C12H10Cl2F2N2O2. The molecule has 0 bridgehead atoms. The topological polar surface area (TPSA) is 59.2 Å². The quantitative estimate of drug-likeness (QED) is 0.918. The highest BCUT2D eigenvalue weighted by atomic mass is 35.5. The predicted molar refractivity (Wildman–Crippen MR) is 69.3 cm³/mol. The molecule has 1 atom stereocenters.